The molecule has 0 atom stereocenters. The van der Waals surface area contributed by atoms with Crippen LogP contribution < -0.4 is 0 Å². The molecule has 0 saturated heterocycles. The molecule has 2 nitrogen and oxygen atoms in total. The highest BCUT2D eigenvalue weighted by molar-refractivity contribution is 5.83. The van der Waals surface area contributed by atoms with Gasteiger partial charge in [0.25, 0.3) is 0 Å². The summed E-state index contributed by atoms with van der Waals surface area (Å²) in [5.41, 5.74) is 6.75. The predicted octanol–water partition coefficient (Wildman–Crippen LogP) is 6.11. The zero-order valence-corrected chi connectivity index (χ0v) is 17.3. The number of fused-ring (bicyclic) bond motifs is 1. The molecule has 1 aliphatic carbocycles. The van der Waals surface area contributed by atoms with Crippen molar-refractivity contribution in [2.75, 3.05) is 6.61 Å². The molecular weight excluding hydrogens is 320 g/mol. The van der Waals surface area contributed by atoms with Gasteiger partial charge in [-0.25, -0.2) is 4.79 Å². The Labute approximate surface area is 158 Å². The summed E-state index contributed by atoms with van der Waals surface area (Å²) in [6.07, 6.45) is 8.71. The van der Waals surface area contributed by atoms with Gasteiger partial charge < -0.3 is 4.74 Å². The monoisotopic (exact) mass is 352 g/mol. The first-order valence-corrected chi connectivity index (χ1v) is 9.42. The number of ether oxygens (including phenoxy) is 1. The Morgan fingerprint density at radius 2 is 1.77 bits per heavy atom. The highest BCUT2D eigenvalue weighted by Crippen LogP contribution is 2.49. The molecule has 26 heavy (non-hydrogen) atoms. The second-order valence-electron chi connectivity index (χ2n) is 8.55. The predicted molar refractivity (Wildman–Crippen MR) is 110 cm³/mol. The average molecular weight is 353 g/mol. The van der Waals surface area contributed by atoms with Crippen molar-refractivity contribution < 1.29 is 9.53 Å². The Morgan fingerprint density at radius 1 is 1.12 bits per heavy atom. The van der Waals surface area contributed by atoms with Gasteiger partial charge >= 0.3 is 5.97 Å². The summed E-state index contributed by atoms with van der Waals surface area (Å²) in [7, 11) is 0. The Kier molecular flexibility index (Phi) is 5.95. The van der Waals surface area contributed by atoms with E-state index in [4.69, 9.17) is 4.74 Å². The molecule has 0 amide bonds. The molecular formula is C24H32O2. The molecule has 0 saturated carbocycles. The van der Waals surface area contributed by atoms with E-state index in [0.717, 1.165) is 5.57 Å². The molecule has 0 aromatic heterocycles. The maximum absolute atomic E-state index is 11.4. The van der Waals surface area contributed by atoms with Crippen LogP contribution in [0.15, 0.2) is 48.1 Å². The fourth-order valence-electron chi connectivity index (χ4n) is 4.09. The van der Waals surface area contributed by atoms with Crippen LogP contribution in [-0.2, 0) is 20.4 Å². The SMILES string of the molecule is CCOC(=O)/C=C(C)/C=C/C=C(/C)c1ccc2c(c1)C(C)(C)CC2(C)C. The quantitative estimate of drug-likeness (QED) is 0.363. The van der Waals surface area contributed by atoms with E-state index in [1.165, 1.54) is 34.8 Å². The number of benzene rings is 1. The van der Waals surface area contributed by atoms with Crippen LogP contribution in [-0.4, -0.2) is 12.6 Å². The number of hydrogen-bond donors (Lipinski definition) is 0. The van der Waals surface area contributed by atoms with E-state index in [1.807, 2.05) is 26.0 Å². The van der Waals surface area contributed by atoms with Gasteiger partial charge in [-0.05, 0) is 65.9 Å². The molecule has 0 aliphatic heterocycles. The molecule has 1 aliphatic rings. The molecule has 0 unspecified atom stereocenters. The van der Waals surface area contributed by atoms with Crippen molar-refractivity contribution in [3.63, 3.8) is 0 Å². The topological polar surface area (TPSA) is 26.3 Å². The summed E-state index contributed by atoms with van der Waals surface area (Å²) in [6.45, 7) is 15.6. The van der Waals surface area contributed by atoms with Crippen LogP contribution in [0, 0.1) is 0 Å². The first-order valence-electron chi connectivity index (χ1n) is 9.42. The van der Waals surface area contributed by atoms with E-state index in [-0.39, 0.29) is 16.8 Å². The third-order valence-corrected chi connectivity index (χ3v) is 5.15. The summed E-state index contributed by atoms with van der Waals surface area (Å²) in [5.74, 6) is -0.293. The van der Waals surface area contributed by atoms with Crippen molar-refractivity contribution in [3.05, 3.63) is 64.8 Å². The molecule has 0 N–H and O–H groups in total. The molecule has 140 valence electrons. The second-order valence-corrected chi connectivity index (χ2v) is 8.55. The normalized spacial score (nSPS) is 18.9. The van der Waals surface area contributed by atoms with Crippen LogP contribution >= 0.6 is 0 Å². The van der Waals surface area contributed by atoms with Gasteiger partial charge in [-0.3, -0.25) is 0 Å². The van der Waals surface area contributed by atoms with Crippen LogP contribution in [0.25, 0.3) is 5.57 Å². The summed E-state index contributed by atoms with van der Waals surface area (Å²) in [6, 6.07) is 6.88. The molecule has 0 fully saturated rings. The van der Waals surface area contributed by atoms with Gasteiger partial charge in [0.05, 0.1) is 6.61 Å². The first kappa shape index (κ1) is 20.2. The van der Waals surface area contributed by atoms with Gasteiger partial charge in [0.15, 0.2) is 0 Å². The lowest BCUT2D eigenvalue weighted by molar-refractivity contribution is -0.137. The summed E-state index contributed by atoms with van der Waals surface area (Å²) in [5, 5.41) is 0. The number of carbonyl (C=O) groups excluding carboxylic acids is 1. The van der Waals surface area contributed by atoms with Gasteiger partial charge in [0.1, 0.15) is 0 Å². The van der Waals surface area contributed by atoms with Crippen molar-refractivity contribution in [1.29, 1.82) is 0 Å². The molecule has 0 heterocycles. The minimum atomic E-state index is -0.293. The fourth-order valence-corrected chi connectivity index (χ4v) is 4.09. The minimum absolute atomic E-state index is 0.212. The van der Waals surface area contributed by atoms with Gasteiger partial charge in [-0.1, -0.05) is 64.1 Å². The highest BCUT2D eigenvalue weighted by atomic mass is 16.5. The lowest BCUT2D eigenvalue weighted by atomic mass is 9.82. The van der Waals surface area contributed by atoms with E-state index in [9.17, 15) is 4.79 Å². The molecule has 2 rings (SSSR count). The molecule has 0 radical (unpaired) electrons. The number of hydrogen-bond acceptors (Lipinski definition) is 2. The molecule has 2 heteroatoms. The van der Waals surface area contributed by atoms with Crippen LogP contribution in [0.4, 0.5) is 0 Å². The van der Waals surface area contributed by atoms with Crippen LogP contribution in [0.1, 0.15) is 71.6 Å². The maximum Gasteiger partial charge on any atom is 0.330 e. The fraction of sp³-hybridized carbons (Fsp3) is 0.458. The third kappa shape index (κ3) is 4.55. The largest absolute Gasteiger partial charge is 0.463 e. The first-order chi connectivity index (χ1) is 12.1. The Hall–Kier alpha value is -2.09. The highest BCUT2D eigenvalue weighted by Gasteiger charge is 2.41. The molecule has 1 aromatic carbocycles. The van der Waals surface area contributed by atoms with E-state index in [0.29, 0.717) is 6.61 Å². The van der Waals surface area contributed by atoms with E-state index in [1.54, 1.807) is 0 Å². The van der Waals surface area contributed by atoms with Crippen LogP contribution in [0.2, 0.25) is 0 Å². The van der Waals surface area contributed by atoms with Gasteiger partial charge in [0.2, 0.25) is 0 Å². The smallest absolute Gasteiger partial charge is 0.330 e. The summed E-state index contributed by atoms with van der Waals surface area (Å²) >= 11 is 0. The number of allylic oxidation sites excluding steroid dienone is 5. The second kappa shape index (κ2) is 7.65. The Morgan fingerprint density at radius 3 is 2.42 bits per heavy atom. The molecule has 1 aromatic rings. The lowest BCUT2D eigenvalue weighted by Gasteiger charge is -2.22. The van der Waals surface area contributed by atoms with Crippen molar-refractivity contribution in [1.82, 2.24) is 0 Å². The van der Waals surface area contributed by atoms with Crippen molar-refractivity contribution in [2.24, 2.45) is 0 Å². The Bertz CT molecular complexity index is 773. The lowest BCUT2D eigenvalue weighted by Crippen LogP contribution is -2.17. The van der Waals surface area contributed by atoms with Crippen molar-refractivity contribution >= 4 is 11.5 Å². The van der Waals surface area contributed by atoms with Gasteiger partial charge in [-0.15, -0.1) is 0 Å². The third-order valence-electron chi connectivity index (χ3n) is 5.15. The maximum atomic E-state index is 11.4. The average Bonchev–Trinajstić information content (AvgIpc) is 2.71. The Balaban J connectivity index is 2.21. The standard InChI is InChI=1S/C24H32O2/c1-8-26-22(25)14-17(2)10-9-11-18(3)19-12-13-20-21(15-19)24(6,7)16-23(20,4)5/h9-15H,8,16H2,1-7H3/b10-9+,17-14+,18-11-. The minimum Gasteiger partial charge on any atom is -0.463 e. The number of rotatable bonds is 5. The molecule has 0 bridgehead atoms. The number of esters is 1. The van der Waals surface area contributed by atoms with E-state index in [2.05, 4.69) is 58.9 Å². The van der Waals surface area contributed by atoms with Crippen LogP contribution in [0.5, 0.6) is 0 Å². The zero-order chi connectivity index (χ0) is 19.5. The van der Waals surface area contributed by atoms with Crippen molar-refractivity contribution in [3.8, 4) is 0 Å². The zero-order valence-electron chi connectivity index (χ0n) is 17.3. The van der Waals surface area contributed by atoms with Crippen LogP contribution in [0.3, 0.4) is 0 Å². The summed E-state index contributed by atoms with van der Waals surface area (Å²) in [4.78, 5) is 11.4. The van der Waals surface area contributed by atoms with Gasteiger partial charge in [-0.2, -0.15) is 0 Å². The number of carbonyl (C=O) groups is 1. The van der Waals surface area contributed by atoms with E-state index >= 15 is 0 Å². The van der Waals surface area contributed by atoms with Crippen molar-refractivity contribution in [2.45, 2.75) is 65.7 Å². The molecule has 0 spiro atoms. The van der Waals surface area contributed by atoms with Gasteiger partial charge in [0, 0.05) is 6.08 Å². The summed E-state index contributed by atoms with van der Waals surface area (Å²) < 4.78 is 4.92. The van der Waals surface area contributed by atoms with E-state index < -0.39 is 0 Å².